The number of aliphatic hydroxyl groups is 1. The molecule has 2 aliphatic carbocycles. The molecule has 0 bridgehead atoms. The van der Waals surface area contributed by atoms with Crippen molar-refractivity contribution >= 4 is 5.96 Å². The molecule has 3 rings (SSSR count). The van der Waals surface area contributed by atoms with Gasteiger partial charge >= 0.3 is 0 Å². The summed E-state index contributed by atoms with van der Waals surface area (Å²) in [5, 5.41) is 14.4. The van der Waals surface area contributed by atoms with Gasteiger partial charge in [0.2, 0.25) is 0 Å². The van der Waals surface area contributed by atoms with Crippen molar-refractivity contribution in [3.05, 3.63) is 11.3 Å². The first-order valence-corrected chi connectivity index (χ1v) is 7.63. The molecule has 1 aliphatic heterocycles. The van der Waals surface area contributed by atoms with Crippen molar-refractivity contribution in [3.8, 4) is 0 Å². The van der Waals surface area contributed by atoms with Gasteiger partial charge in [0, 0.05) is 0 Å². The molecule has 4 atom stereocenters. The summed E-state index contributed by atoms with van der Waals surface area (Å²) in [7, 11) is 0. The van der Waals surface area contributed by atoms with Crippen LogP contribution in [-0.4, -0.2) is 22.7 Å². The lowest BCUT2D eigenvalue weighted by molar-refractivity contribution is 0.000188. The molecule has 0 radical (unpaired) electrons. The molecule has 1 saturated carbocycles. The smallest absolute Gasteiger partial charge is 0.193 e. The summed E-state index contributed by atoms with van der Waals surface area (Å²) in [5.74, 6) is 1.37. The van der Waals surface area contributed by atoms with Crippen LogP contribution in [0.25, 0.3) is 0 Å². The molecule has 4 N–H and O–H groups in total. The fourth-order valence-corrected chi connectivity index (χ4v) is 4.22. The first-order valence-electron chi connectivity index (χ1n) is 7.63. The molecule has 0 aromatic rings. The number of hydrogen-bond acceptors (Lipinski definition) is 4. The SMILES string of the molecule is CCCCC1=C2NC(N)=N[C@@H]3CC[C@@H](C[C@@H]1C)[C@@]23O. The second kappa shape index (κ2) is 4.51. The molecule has 0 spiro atoms. The van der Waals surface area contributed by atoms with Crippen LogP contribution in [0.4, 0.5) is 0 Å². The molecule has 1 heterocycles. The van der Waals surface area contributed by atoms with E-state index in [1.54, 1.807) is 0 Å². The maximum atomic E-state index is 11.2. The Labute approximate surface area is 115 Å². The molecular formula is C15H25N3O. The first kappa shape index (κ1) is 13.0. The predicted molar refractivity (Wildman–Crippen MR) is 76.6 cm³/mol. The first-order chi connectivity index (χ1) is 9.07. The number of aliphatic imine (C=N–C) groups is 1. The number of hydrogen-bond donors (Lipinski definition) is 3. The molecule has 0 unspecified atom stereocenters. The highest BCUT2D eigenvalue weighted by Crippen LogP contribution is 2.52. The van der Waals surface area contributed by atoms with Crippen LogP contribution in [0, 0.1) is 11.8 Å². The van der Waals surface area contributed by atoms with Crippen LogP contribution in [0.15, 0.2) is 16.3 Å². The van der Waals surface area contributed by atoms with Gasteiger partial charge in [0.15, 0.2) is 5.96 Å². The fourth-order valence-electron chi connectivity index (χ4n) is 4.22. The van der Waals surface area contributed by atoms with Crippen LogP contribution in [0.5, 0.6) is 0 Å². The third kappa shape index (κ3) is 1.80. The van der Waals surface area contributed by atoms with Crippen LogP contribution in [-0.2, 0) is 0 Å². The van der Waals surface area contributed by atoms with Gasteiger partial charge in [-0.05, 0) is 49.5 Å². The number of nitrogens with two attached hydrogens (primary N) is 1. The lowest BCUT2D eigenvalue weighted by atomic mass is 9.69. The fraction of sp³-hybridized carbons (Fsp3) is 0.800. The van der Waals surface area contributed by atoms with Crippen molar-refractivity contribution in [2.24, 2.45) is 22.6 Å². The zero-order chi connectivity index (χ0) is 13.6. The molecule has 0 amide bonds. The molecule has 106 valence electrons. The van der Waals surface area contributed by atoms with Gasteiger partial charge in [-0.2, -0.15) is 0 Å². The zero-order valence-electron chi connectivity index (χ0n) is 11.9. The lowest BCUT2D eigenvalue weighted by Crippen LogP contribution is -2.58. The summed E-state index contributed by atoms with van der Waals surface area (Å²) in [6.45, 7) is 4.49. The van der Waals surface area contributed by atoms with Crippen LogP contribution in [0.2, 0.25) is 0 Å². The number of unbranched alkanes of at least 4 members (excludes halogenated alkanes) is 1. The molecule has 1 fully saturated rings. The number of guanidine groups is 1. The van der Waals surface area contributed by atoms with Crippen LogP contribution >= 0.6 is 0 Å². The molecule has 4 nitrogen and oxygen atoms in total. The number of nitrogens with zero attached hydrogens (tertiary/aromatic N) is 1. The van der Waals surface area contributed by atoms with Gasteiger partial charge in [-0.25, -0.2) is 4.99 Å². The summed E-state index contributed by atoms with van der Waals surface area (Å²) < 4.78 is 0. The Hall–Kier alpha value is -1.03. The summed E-state index contributed by atoms with van der Waals surface area (Å²) in [6.07, 6.45) is 6.53. The normalized spacial score (nSPS) is 40.8. The quantitative estimate of drug-likeness (QED) is 0.728. The standard InChI is InChI=1S/C15H25N3O/c1-3-4-5-11-9(2)8-10-6-7-12-15(10,19)13(11)18-14(16)17-12/h9-10,12,19H,3-8H2,1-2H3,(H3,16,17,18)/t9-,10-,12+,15-/m0/s1. The Morgan fingerprint density at radius 1 is 1.47 bits per heavy atom. The lowest BCUT2D eigenvalue weighted by Gasteiger charge is -2.46. The van der Waals surface area contributed by atoms with E-state index in [2.05, 4.69) is 24.2 Å². The van der Waals surface area contributed by atoms with E-state index in [1.807, 2.05) is 0 Å². The highest BCUT2D eigenvalue weighted by Gasteiger charge is 2.57. The second-order valence-corrected chi connectivity index (χ2v) is 6.40. The van der Waals surface area contributed by atoms with Gasteiger partial charge < -0.3 is 16.2 Å². The second-order valence-electron chi connectivity index (χ2n) is 6.40. The number of nitrogens with one attached hydrogen (secondary N) is 1. The molecule has 0 aromatic carbocycles. The van der Waals surface area contributed by atoms with E-state index in [4.69, 9.17) is 5.73 Å². The monoisotopic (exact) mass is 263 g/mol. The summed E-state index contributed by atoms with van der Waals surface area (Å²) in [4.78, 5) is 4.44. The van der Waals surface area contributed by atoms with Crippen molar-refractivity contribution in [3.63, 3.8) is 0 Å². The van der Waals surface area contributed by atoms with E-state index >= 15 is 0 Å². The highest BCUT2D eigenvalue weighted by molar-refractivity contribution is 5.82. The van der Waals surface area contributed by atoms with Crippen molar-refractivity contribution in [2.45, 2.75) is 64.0 Å². The van der Waals surface area contributed by atoms with Gasteiger partial charge in [-0.3, -0.25) is 0 Å². The van der Waals surface area contributed by atoms with Crippen molar-refractivity contribution in [1.29, 1.82) is 0 Å². The zero-order valence-corrected chi connectivity index (χ0v) is 11.9. The van der Waals surface area contributed by atoms with Crippen molar-refractivity contribution in [2.75, 3.05) is 0 Å². The molecular weight excluding hydrogens is 238 g/mol. The van der Waals surface area contributed by atoms with Gasteiger partial charge in [-0.15, -0.1) is 0 Å². The van der Waals surface area contributed by atoms with Gasteiger partial charge in [0.1, 0.15) is 5.60 Å². The maximum Gasteiger partial charge on any atom is 0.193 e. The van der Waals surface area contributed by atoms with E-state index in [0.717, 1.165) is 31.4 Å². The molecule has 4 heteroatoms. The minimum absolute atomic E-state index is 0.0297. The summed E-state index contributed by atoms with van der Waals surface area (Å²) >= 11 is 0. The average Bonchev–Trinajstić information content (AvgIpc) is 2.67. The van der Waals surface area contributed by atoms with E-state index in [9.17, 15) is 5.11 Å². The predicted octanol–water partition coefficient (Wildman–Crippen LogP) is 1.90. The van der Waals surface area contributed by atoms with E-state index in [1.165, 1.54) is 18.4 Å². The number of rotatable bonds is 3. The Bertz CT molecular complexity index is 443. The topological polar surface area (TPSA) is 70.6 Å². The van der Waals surface area contributed by atoms with E-state index in [-0.39, 0.29) is 6.04 Å². The van der Waals surface area contributed by atoms with Crippen molar-refractivity contribution < 1.29 is 5.11 Å². The Morgan fingerprint density at radius 2 is 2.26 bits per heavy atom. The van der Waals surface area contributed by atoms with Gasteiger partial charge in [0.25, 0.3) is 0 Å². The number of allylic oxidation sites excluding steroid dienone is 1. The minimum atomic E-state index is -0.765. The maximum absolute atomic E-state index is 11.2. The molecule has 0 saturated heterocycles. The summed E-state index contributed by atoms with van der Waals surface area (Å²) in [5.41, 5.74) is 7.53. The average molecular weight is 263 g/mol. The molecule has 19 heavy (non-hydrogen) atoms. The van der Waals surface area contributed by atoms with E-state index in [0.29, 0.717) is 17.8 Å². The van der Waals surface area contributed by atoms with Crippen LogP contribution in [0.1, 0.15) is 52.4 Å². The summed E-state index contributed by atoms with van der Waals surface area (Å²) in [6, 6.07) is -0.0297. The Balaban J connectivity index is 2.05. The highest BCUT2D eigenvalue weighted by atomic mass is 16.3. The third-order valence-corrected chi connectivity index (χ3v) is 5.22. The largest absolute Gasteiger partial charge is 0.381 e. The van der Waals surface area contributed by atoms with Crippen LogP contribution in [0.3, 0.4) is 0 Å². The third-order valence-electron chi connectivity index (χ3n) is 5.22. The van der Waals surface area contributed by atoms with Crippen LogP contribution < -0.4 is 11.1 Å². The van der Waals surface area contributed by atoms with Gasteiger partial charge in [0.05, 0.1) is 11.7 Å². The molecule has 0 aromatic heterocycles. The Morgan fingerprint density at radius 3 is 3.00 bits per heavy atom. The minimum Gasteiger partial charge on any atom is -0.381 e. The van der Waals surface area contributed by atoms with Crippen molar-refractivity contribution in [1.82, 2.24) is 5.32 Å². The Kier molecular flexibility index (Phi) is 3.08. The van der Waals surface area contributed by atoms with E-state index < -0.39 is 5.60 Å². The van der Waals surface area contributed by atoms with Gasteiger partial charge in [-0.1, -0.05) is 20.3 Å². The molecule has 3 aliphatic rings.